The Morgan fingerprint density at radius 1 is 1.23 bits per heavy atom. The minimum absolute atomic E-state index is 0.735. The molecule has 0 amide bonds. The van der Waals surface area contributed by atoms with Gasteiger partial charge < -0.3 is 14.7 Å². The molecule has 7 nitrogen and oxygen atoms in total. The van der Waals surface area contributed by atoms with Crippen LogP contribution >= 0.6 is 0 Å². The second-order valence-electron chi connectivity index (χ2n) is 6.34. The molecule has 30 heavy (non-hydrogen) atoms. The van der Waals surface area contributed by atoms with E-state index in [9.17, 15) is 13.2 Å². The molecule has 10 heteroatoms. The lowest BCUT2D eigenvalue weighted by atomic mass is 10.1. The Balaban J connectivity index is 0.000000318. The number of hydrogen-bond donors (Lipinski definition) is 2. The third-order valence-corrected chi connectivity index (χ3v) is 4.28. The maximum atomic E-state index is 10.6. The summed E-state index contributed by atoms with van der Waals surface area (Å²) >= 11 is 0. The number of hydrogen-bond acceptors (Lipinski definition) is 4. The molecule has 0 bridgehead atoms. The van der Waals surface area contributed by atoms with Crippen LogP contribution < -0.4 is 5.36 Å². The average Bonchev–Trinajstić information content (AvgIpc) is 3.22. The second-order valence-corrected chi connectivity index (χ2v) is 6.34. The predicted molar refractivity (Wildman–Crippen MR) is 104 cm³/mol. The Bertz CT molecular complexity index is 1180. The highest BCUT2D eigenvalue weighted by atomic mass is 19.4. The van der Waals surface area contributed by atoms with Crippen molar-refractivity contribution in [1.82, 2.24) is 19.5 Å². The first-order valence-corrected chi connectivity index (χ1v) is 8.89. The number of carboxylic acid groups (broad SMARTS) is 1. The summed E-state index contributed by atoms with van der Waals surface area (Å²) in [5.74, 6) is -2.76. The van der Waals surface area contributed by atoms with Gasteiger partial charge in [0.1, 0.15) is 0 Å². The number of aromatic nitrogens is 4. The van der Waals surface area contributed by atoms with E-state index < -0.39 is 12.1 Å². The number of benzene rings is 2. The standard InChI is InChI=1S/C18H17N5.C2HF3O2/c1-23-17-5-3-2-4-15(17)22-16-7-6-13(10-18(16)23)20-9-8-14-11-19-12-21-14;3-2(4,5)1(6)7/h2-7,10-12H,8-9H2,1H3,(H,19,21);(H,6,7). The molecule has 0 radical (unpaired) electrons. The number of rotatable bonds is 3. The summed E-state index contributed by atoms with van der Waals surface area (Å²) in [4.78, 5) is 25.4. The number of carboxylic acids is 1. The first kappa shape index (κ1) is 21.0. The highest BCUT2D eigenvalue weighted by Gasteiger charge is 2.38. The van der Waals surface area contributed by atoms with Crippen molar-refractivity contribution in [2.24, 2.45) is 12.0 Å². The van der Waals surface area contributed by atoms with Crippen LogP contribution in [0.15, 0.2) is 60.0 Å². The zero-order valence-corrected chi connectivity index (χ0v) is 15.9. The van der Waals surface area contributed by atoms with Gasteiger partial charge in [-0.15, -0.1) is 0 Å². The molecule has 0 atom stereocenters. The zero-order valence-electron chi connectivity index (χ0n) is 15.9. The topological polar surface area (TPSA) is 96.2 Å². The number of H-pyrrole nitrogens is 1. The van der Waals surface area contributed by atoms with Gasteiger partial charge in [0.05, 0.1) is 34.1 Å². The molecule has 2 aromatic rings. The SMILES string of the molecule is Cn1c2cc(=NCCc3cnc[nH]3)ccc-2nc2ccccc21.O=C(O)C(F)(F)F. The van der Waals surface area contributed by atoms with Gasteiger partial charge in [0.15, 0.2) is 0 Å². The van der Waals surface area contributed by atoms with Gasteiger partial charge in [0, 0.05) is 31.9 Å². The molecular weight excluding hydrogens is 399 g/mol. The van der Waals surface area contributed by atoms with E-state index in [1.54, 1.807) is 6.33 Å². The zero-order chi connectivity index (χ0) is 21.7. The van der Waals surface area contributed by atoms with Crippen LogP contribution in [0.4, 0.5) is 13.2 Å². The summed E-state index contributed by atoms with van der Waals surface area (Å²) in [7, 11) is 2.07. The maximum absolute atomic E-state index is 10.6. The molecule has 1 aromatic heterocycles. The van der Waals surface area contributed by atoms with Crippen molar-refractivity contribution < 1.29 is 23.1 Å². The minimum atomic E-state index is -5.08. The normalized spacial score (nSPS) is 12.1. The number of nitrogens with one attached hydrogen (secondary N) is 1. The summed E-state index contributed by atoms with van der Waals surface area (Å²) in [6.45, 7) is 0.735. The Morgan fingerprint density at radius 2 is 1.97 bits per heavy atom. The molecule has 2 heterocycles. The van der Waals surface area contributed by atoms with Gasteiger partial charge in [-0.1, -0.05) is 12.1 Å². The third-order valence-electron chi connectivity index (χ3n) is 4.28. The van der Waals surface area contributed by atoms with Crippen molar-refractivity contribution in [2.75, 3.05) is 6.54 Å². The molecule has 1 aromatic carbocycles. The number of alkyl halides is 3. The second kappa shape index (κ2) is 8.76. The molecule has 1 aliphatic heterocycles. The van der Waals surface area contributed by atoms with Crippen molar-refractivity contribution in [2.45, 2.75) is 12.6 Å². The average molecular weight is 417 g/mol. The molecule has 156 valence electrons. The van der Waals surface area contributed by atoms with Crippen LogP contribution in [-0.2, 0) is 18.3 Å². The van der Waals surface area contributed by atoms with Crippen LogP contribution in [0.2, 0.25) is 0 Å². The molecule has 0 unspecified atom stereocenters. The quantitative estimate of drug-likeness (QED) is 0.501. The van der Waals surface area contributed by atoms with Crippen LogP contribution in [0.1, 0.15) is 5.69 Å². The van der Waals surface area contributed by atoms with Crippen molar-refractivity contribution in [3.05, 3.63) is 66.0 Å². The molecule has 2 aliphatic rings. The van der Waals surface area contributed by atoms with Crippen molar-refractivity contribution in [3.8, 4) is 11.4 Å². The van der Waals surface area contributed by atoms with E-state index >= 15 is 0 Å². The molecule has 0 saturated heterocycles. The Hall–Kier alpha value is -3.69. The van der Waals surface area contributed by atoms with Gasteiger partial charge in [0.25, 0.3) is 0 Å². The monoisotopic (exact) mass is 417 g/mol. The highest BCUT2D eigenvalue weighted by molar-refractivity contribution is 5.80. The van der Waals surface area contributed by atoms with Gasteiger partial charge in [-0.25, -0.2) is 14.8 Å². The van der Waals surface area contributed by atoms with E-state index in [0.717, 1.165) is 46.4 Å². The number of aryl methyl sites for hydroxylation is 1. The van der Waals surface area contributed by atoms with Crippen LogP contribution in [0, 0.1) is 0 Å². The Labute approximate surface area is 168 Å². The number of halogens is 3. The molecule has 2 N–H and O–H groups in total. The van der Waals surface area contributed by atoms with E-state index in [2.05, 4.69) is 38.7 Å². The van der Waals surface area contributed by atoms with E-state index in [-0.39, 0.29) is 0 Å². The lowest BCUT2D eigenvalue weighted by Crippen LogP contribution is -2.21. The van der Waals surface area contributed by atoms with Gasteiger partial charge in [-0.3, -0.25) is 4.99 Å². The number of imidazole rings is 1. The van der Waals surface area contributed by atoms with Crippen molar-refractivity contribution in [1.29, 1.82) is 0 Å². The fourth-order valence-electron chi connectivity index (χ4n) is 2.80. The molecule has 0 fully saturated rings. The first-order valence-electron chi connectivity index (χ1n) is 8.89. The molecular formula is C20H18F3N5O2. The smallest absolute Gasteiger partial charge is 0.475 e. The lowest BCUT2D eigenvalue weighted by Gasteiger charge is -2.14. The predicted octanol–water partition coefficient (Wildman–Crippen LogP) is 3.18. The fourth-order valence-corrected chi connectivity index (χ4v) is 2.80. The van der Waals surface area contributed by atoms with Crippen LogP contribution in [0.5, 0.6) is 0 Å². The lowest BCUT2D eigenvalue weighted by molar-refractivity contribution is -0.192. The van der Waals surface area contributed by atoms with E-state index in [1.807, 2.05) is 36.5 Å². The third kappa shape index (κ3) is 5.02. The Kier molecular flexibility index (Phi) is 6.14. The maximum Gasteiger partial charge on any atom is 0.490 e. The fraction of sp³-hybridized carbons (Fsp3) is 0.200. The van der Waals surface area contributed by atoms with Crippen molar-refractivity contribution >= 4 is 17.0 Å². The summed E-state index contributed by atoms with van der Waals surface area (Å²) < 4.78 is 33.9. The van der Waals surface area contributed by atoms with Gasteiger partial charge in [-0.2, -0.15) is 13.2 Å². The minimum Gasteiger partial charge on any atom is -0.475 e. The number of para-hydroxylation sites is 2. The molecule has 0 spiro atoms. The number of nitrogens with zero attached hydrogens (tertiary/aromatic N) is 4. The van der Waals surface area contributed by atoms with Crippen molar-refractivity contribution in [3.63, 3.8) is 0 Å². The van der Waals surface area contributed by atoms with E-state index in [0.29, 0.717) is 0 Å². The number of aliphatic carboxylic acids is 1. The van der Waals surface area contributed by atoms with E-state index in [1.165, 1.54) is 0 Å². The summed E-state index contributed by atoms with van der Waals surface area (Å²) in [6, 6.07) is 14.3. The van der Waals surface area contributed by atoms with Crippen LogP contribution in [-0.4, -0.2) is 43.3 Å². The van der Waals surface area contributed by atoms with Crippen LogP contribution in [0.3, 0.4) is 0 Å². The van der Waals surface area contributed by atoms with Gasteiger partial charge in [0.2, 0.25) is 0 Å². The highest BCUT2D eigenvalue weighted by Crippen LogP contribution is 2.22. The Morgan fingerprint density at radius 3 is 2.63 bits per heavy atom. The summed E-state index contributed by atoms with van der Waals surface area (Å²) in [6.07, 6.45) is -0.686. The largest absolute Gasteiger partial charge is 0.490 e. The van der Waals surface area contributed by atoms with E-state index in [4.69, 9.17) is 14.9 Å². The number of aromatic amines is 1. The molecule has 4 rings (SSSR count). The van der Waals surface area contributed by atoms with Gasteiger partial charge in [-0.05, 0) is 30.3 Å². The summed E-state index contributed by atoms with van der Waals surface area (Å²) in [5, 5.41) is 8.10. The molecule has 0 saturated carbocycles. The number of fused-ring (bicyclic) bond motifs is 2. The van der Waals surface area contributed by atoms with Gasteiger partial charge >= 0.3 is 12.1 Å². The first-order chi connectivity index (χ1) is 14.3. The molecule has 1 aliphatic carbocycles. The van der Waals surface area contributed by atoms with Crippen LogP contribution in [0.25, 0.3) is 22.4 Å². The number of carbonyl (C=O) groups is 1. The summed E-state index contributed by atoms with van der Waals surface area (Å²) in [5.41, 5.74) is 5.30.